The highest BCUT2D eigenvalue weighted by Crippen LogP contribution is 2.45. The lowest BCUT2D eigenvalue weighted by Gasteiger charge is -2.27. The molecule has 0 spiro atoms. The van der Waals surface area contributed by atoms with Crippen molar-refractivity contribution in [2.24, 2.45) is 5.41 Å². The summed E-state index contributed by atoms with van der Waals surface area (Å²) in [5.41, 5.74) is -0.467. The summed E-state index contributed by atoms with van der Waals surface area (Å²) in [7, 11) is -3.47. The number of carbonyl (C=O) groups is 1. The lowest BCUT2D eigenvalue weighted by atomic mass is 9.82. The van der Waals surface area contributed by atoms with Gasteiger partial charge in [-0.25, -0.2) is 8.42 Å². The Morgan fingerprint density at radius 3 is 2.58 bits per heavy atom. The number of hydrogen-bond acceptors (Lipinski definition) is 4. The first-order chi connectivity index (χ1) is 9.05. The van der Waals surface area contributed by atoms with Gasteiger partial charge in [0.1, 0.15) is 0 Å². The minimum atomic E-state index is -3.47. The number of sulfonamides is 1. The Hall–Kier alpha value is -0.620. The largest absolute Gasteiger partial charge is 0.313 e. The number of nitrogens with one attached hydrogen (secondary N) is 2. The highest BCUT2D eigenvalue weighted by molar-refractivity contribution is 7.90. The van der Waals surface area contributed by atoms with Crippen LogP contribution in [0.15, 0.2) is 0 Å². The van der Waals surface area contributed by atoms with Gasteiger partial charge in [-0.2, -0.15) is 0 Å². The quantitative estimate of drug-likeness (QED) is 0.808. The van der Waals surface area contributed by atoms with Crippen molar-refractivity contribution in [3.63, 3.8) is 0 Å². The van der Waals surface area contributed by atoms with E-state index in [0.717, 1.165) is 45.1 Å². The average Bonchev–Trinajstić information content (AvgIpc) is 3.05. The summed E-state index contributed by atoms with van der Waals surface area (Å²) in [5.74, 6) is -0.257. The SMILES string of the molecule is O=C(NS(=O)(=O)C1CCCC1)[C@]12CCC[C@H]1NCC2. The number of fused-ring (bicyclic) bond motifs is 1. The van der Waals surface area contributed by atoms with Crippen LogP contribution in [-0.4, -0.2) is 32.2 Å². The Labute approximate surface area is 114 Å². The van der Waals surface area contributed by atoms with Crippen LogP contribution in [0.5, 0.6) is 0 Å². The topological polar surface area (TPSA) is 75.3 Å². The molecule has 1 saturated heterocycles. The van der Waals surface area contributed by atoms with Crippen LogP contribution in [0.1, 0.15) is 51.4 Å². The molecule has 1 heterocycles. The third-order valence-corrected chi connectivity index (χ3v) is 6.99. The predicted octanol–water partition coefficient (Wildman–Crippen LogP) is 0.907. The summed E-state index contributed by atoms with van der Waals surface area (Å²) in [6, 6.07) is 0.172. The second kappa shape index (κ2) is 4.74. The lowest BCUT2D eigenvalue weighted by molar-refractivity contribution is -0.128. The minimum Gasteiger partial charge on any atom is -0.313 e. The third-order valence-electron chi connectivity index (χ3n) is 5.17. The standard InChI is InChI=1S/C13H22N2O3S/c16-12(13-7-3-6-11(13)14-9-8-13)15-19(17,18)10-4-1-2-5-10/h10-11,14H,1-9H2,(H,15,16)/t11-,13+/m1/s1. The fourth-order valence-electron chi connectivity index (χ4n) is 4.04. The Balaban J connectivity index is 1.74. The summed E-state index contributed by atoms with van der Waals surface area (Å²) in [4.78, 5) is 12.5. The monoisotopic (exact) mass is 286 g/mol. The fourth-order valence-corrected chi connectivity index (χ4v) is 5.62. The molecule has 108 valence electrons. The zero-order valence-electron chi connectivity index (χ0n) is 11.2. The van der Waals surface area contributed by atoms with E-state index in [9.17, 15) is 13.2 Å². The summed E-state index contributed by atoms with van der Waals surface area (Å²) in [6.07, 6.45) is 6.87. The van der Waals surface area contributed by atoms with Gasteiger partial charge in [-0.05, 0) is 38.6 Å². The maximum absolute atomic E-state index is 12.5. The van der Waals surface area contributed by atoms with Crippen molar-refractivity contribution in [1.29, 1.82) is 0 Å². The van der Waals surface area contributed by atoms with Crippen molar-refractivity contribution in [3.05, 3.63) is 0 Å². The van der Waals surface area contributed by atoms with Crippen molar-refractivity contribution >= 4 is 15.9 Å². The van der Waals surface area contributed by atoms with Gasteiger partial charge in [-0.1, -0.05) is 19.3 Å². The van der Waals surface area contributed by atoms with E-state index in [1.807, 2.05) is 0 Å². The van der Waals surface area contributed by atoms with Crippen molar-refractivity contribution in [3.8, 4) is 0 Å². The van der Waals surface area contributed by atoms with Crippen molar-refractivity contribution in [2.45, 2.75) is 62.7 Å². The molecule has 3 aliphatic rings. The van der Waals surface area contributed by atoms with E-state index < -0.39 is 15.4 Å². The summed E-state index contributed by atoms with van der Waals surface area (Å²) in [6.45, 7) is 0.821. The molecule has 0 aromatic heterocycles. The first-order valence-corrected chi connectivity index (χ1v) is 8.89. The van der Waals surface area contributed by atoms with E-state index in [1.165, 1.54) is 0 Å². The van der Waals surface area contributed by atoms with Crippen LogP contribution in [0.25, 0.3) is 0 Å². The molecule has 2 saturated carbocycles. The van der Waals surface area contributed by atoms with Gasteiger partial charge in [0.2, 0.25) is 15.9 Å². The lowest BCUT2D eigenvalue weighted by Crippen LogP contribution is -2.49. The van der Waals surface area contributed by atoms with Crippen LogP contribution < -0.4 is 10.0 Å². The number of rotatable bonds is 3. The van der Waals surface area contributed by atoms with Crippen molar-refractivity contribution in [1.82, 2.24) is 10.0 Å². The van der Waals surface area contributed by atoms with E-state index in [-0.39, 0.29) is 17.2 Å². The zero-order chi connectivity index (χ0) is 13.5. The first-order valence-electron chi connectivity index (χ1n) is 7.34. The number of carbonyl (C=O) groups excluding carboxylic acids is 1. The fraction of sp³-hybridized carbons (Fsp3) is 0.923. The molecule has 1 amide bonds. The molecule has 3 fully saturated rings. The van der Waals surface area contributed by atoms with E-state index in [2.05, 4.69) is 10.0 Å². The Kier molecular flexibility index (Phi) is 3.33. The Morgan fingerprint density at radius 1 is 1.11 bits per heavy atom. The maximum Gasteiger partial charge on any atom is 0.241 e. The van der Waals surface area contributed by atoms with Crippen LogP contribution in [0, 0.1) is 5.41 Å². The normalized spacial score (nSPS) is 35.5. The van der Waals surface area contributed by atoms with Crippen molar-refractivity contribution < 1.29 is 13.2 Å². The molecule has 2 N–H and O–H groups in total. The first kappa shape index (κ1) is 13.4. The van der Waals surface area contributed by atoms with Crippen molar-refractivity contribution in [2.75, 3.05) is 6.54 Å². The molecule has 2 atom stereocenters. The molecule has 6 heteroatoms. The van der Waals surface area contributed by atoms with Crippen LogP contribution in [0.4, 0.5) is 0 Å². The summed E-state index contributed by atoms with van der Waals surface area (Å²) >= 11 is 0. The zero-order valence-corrected chi connectivity index (χ0v) is 12.0. The number of hydrogen-bond donors (Lipinski definition) is 2. The van der Waals surface area contributed by atoms with Gasteiger partial charge in [0.25, 0.3) is 0 Å². The molecule has 1 aliphatic heterocycles. The van der Waals surface area contributed by atoms with E-state index >= 15 is 0 Å². The highest BCUT2D eigenvalue weighted by Gasteiger charge is 2.52. The average molecular weight is 286 g/mol. The molecule has 3 rings (SSSR count). The van der Waals surface area contributed by atoms with Gasteiger partial charge < -0.3 is 5.32 Å². The van der Waals surface area contributed by atoms with Crippen LogP contribution >= 0.6 is 0 Å². The van der Waals surface area contributed by atoms with Gasteiger partial charge >= 0.3 is 0 Å². The maximum atomic E-state index is 12.5. The number of amides is 1. The summed E-state index contributed by atoms with van der Waals surface area (Å²) in [5, 5.41) is 2.98. The molecule has 2 aliphatic carbocycles. The van der Waals surface area contributed by atoms with E-state index in [1.54, 1.807) is 0 Å². The Morgan fingerprint density at radius 2 is 1.84 bits per heavy atom. The molecule has 0 bridgehead atoms. The van der Waals surface area contributed by atoms with Gasteiger partial charge in [0, 0.05) is 6.04 Å². The second-order valence-electron chi connectivity index (χ2n) is 6.19. The van der Waals surface area contributed by atoms with Crippen LogP contribution in [0.3, 0.4) is 0 Å². The van der Waals surface area contributed by atoms with Gasteiger partial charge in [-0.15, -0.1) is 0 Å². The highest BCUT2D eigenvalue weighted by atomic mass is 32.2. The van der Waals surface area contributed by atoms with Gasteiger partial charge in [0.05, 0.1) is 10.7 Å². The third kappa shape index (κ3) is 2.18. The van der Waals surface area contributed by atoms with E-state index in [0.29, 0.717) is 12.8 Å². The Bertz CT molecular complexity index is 458. The van der Waals surface area contributed by atoms with E-state index in [4.69, 9.17) is 0 Å². The van der Waals surface area contributed by atoms with Crippen LogP contribution in [-0.2, 0) is 14.8 Å². The molecule has 0 aromatic carbocycles. The van der Waals surface area contributed by atoms with Gasteiger partial charge in [0.15, 0.2) is 0 Å². The molecule has 0 unspecified atom stereocenters. The molecule has 0 aromatic rings. The molecule has 5 nitrogen and oxygen atoms in total. The second-order valence-corrected chi connectivity index (χ2v) is 8.15. The summed E-state index contributed by atoms with van der Waals surface area (Å²) < 4.78 is 26.9. The molecule has 0 radical (unpaired) electrons. The molecular weight excluding hydrogens is 264 g/mol. The predicted molar refractivity (Wildman–Crippen MR) is 72.0 cm³/mol. The van der Waals surface area contributed by atoms with Gasteiger partial charge in [-0.3, -0.25) is 9.52 Å². The smallest absolute Gasteiger partial charge is 0.241 e. The van der Waals surface area contributed by atoms with Crippen LogP contribution in [0.2, 0.25) is 0 Å². The minimum absolute atomic E-state index is 0.172. The molecule has 19 heavy (non-hydrogen) atoms. The molecular formula is C13H22N2O3S.